The predicted octanol–water partition coefficient (Wildman–Crippen LogP) is 1.61. The van der Waals surface area contributed by atoms with Gasteiger partial charge in [0, 0.05) is 30.5 Å². The zero-order valence-electron chi connectivity index (χ0n) is 12.2. The number of nitrogens with zero attached hydrogens (tertiary/aromatic N) is 2. The van der Waals surface area contributed by atoms with Gasteiger partial charge in [-0.1, -0.05) is 32.5 Å². The standard InChI is InChI=1S/C14H21N3O2S/c1-4-10-5-13(19)17-11(8-20-14(17)16-10)6-12(18)15-7-9(2)3/h5,9,11H,4,6-8H2,1-3H3,(H,15,18). The molecular formula is C14H21N3O2S. The number of hydrogen-bond donors (Lipinski definition) is 1. The van der Waals surface area contributed by atoms with Crippen LogP contribution in [0, 0.1) is 5.92 Å². The minimum Gasteiger partial charge on any atom is -0.356 e. The molecule has 0 spiro atoms. The Kier molecular flexibility index (Phi) is 4.86. The van der Waals surface area contributed by atoms with Gasteiger partial charge in [-0.2, -0.15) is 0 Å². The SMILES string of the molecule is CCc1cc(=O)n2c(n1)SCC2CC(=O)NCC(C)C. The maximum absolute atomic E-state index is 12.1. The van der Waals surface area contributed by atoms with Gasteiger partial charge in [0.15, 0.2) is 5.16 Å². The highest BCUT2D eigenvalue weighted by Gasteiger charge is 2.27. The normalized spacial score (nSPS) is 17.3. The van der Waals surface area contributed by atoms with Crippen molar-refractivity contribution in [3.63, 3.8) is 0 Å². The summed E-state index contributed by atoms with van der Waals surface area (Å²) in [5.74, 6) is 1.18. The van der Waals surface area contributed by atoms with E-state index in [1.54, 1.807) is 22.4 Å². The van der Waals surface area contributed by atoms with Gasteiger partial charge in [-0.25, -0.2) is 4.98 Å². The lowest BCUT2D eigenvalue weighted by molar-refractivity contribution is -0.121. The van der Waals surface area contributed by atoms with Crippen LogP contribution in [-0.4, -0.2) is 27.8 Å². The van der Waals surface area contributed by atoms with Crippen molar-refractivity contribution in [3.8, 4) is 0 Å². The van der Waals surface area contributed by atoms with Crippen molar-refractivity contribution in [2.45, 2.75) is 44.8 Å². The number of rotatable bonds is 5. The van der Waals surface area contributed by atoms with Crippen molar-refractivity contribution in [1.29, 1.82) is 0 Å². The number of hydrogen-bond acceptors (Lipinski definition) is 4. The van der Waals surface area contributed by atoms with Crippen LogP contribution in [0.25, 0.3) is 0 Å². The molecule has 0 saturated carbocycles. The zero-order chi connectivity index (χ0) is 14.7. The van der Waals surface area contributed by atoms with E-state index < -0.39 is 0 Å². The smallest absolute Gasteiger partial charge is 0.254 e. The highest BCUT2D eigenvalue weighted by molar-refractivity contribution is 7.99. The monoisotopic (exact) mass is 295 g/mol. The molecule has 1 amide bonds. The third-order valence-electron chi connectivity index (χ3n) is 3.23. The first-order valence-electron chi connectivity index (χ1n) is 7.03. The largest absolute Gasteiger partial charge is 0.356 e. The van der Waals surface area contributed by atoms with Crippen molar-refractivity contribution in [2.75, 3.05) is 12.3 Å². The fourth-order valence-corrected chi connectivity index (χ4v) is 3.30. The van der Waals surface area contributed by atoms with Crippen molar-refractivity contribution in [3.05, 3.63) is 22.1 Å². The van der Waals surface area contributed by atoms with Crippen molar-refractivity contribution in [2.24, 2.45) is 5.92 Å². The Morgan fingerprint density at radius 1 is 1.60 bits per heavy atom. The number of nitrogens with one attached hydrogen (secondary N) is 1. The summed E-state index contributed by atoms with van der Waals surface area (Å²) in [5, 5.41) is 3.64. The molecule has 0 fully saturated rings. The molecule has 0 saturated heterocycles. The summed E-state index contributed by atoms with van der Waals surface area (Å²) in [6.45, 7) is 6.77. The minimum absolute atomic E-state index is 0.00335. The predicted molar refractivity (Wildman–Crippen MR) is 80.1 cm³/mol. The molecule has 1 unspecified atom stereocenters. The molecule has 2 rings (SSSR count). The van der Waals surface area contributed by atoms with Crippen LogP contribution in [0.5, 0.6) is 0 Å². The van der Waals surface area contributed by atoms with Gasteiger partial charge in [0.1, 0.15) is 0 Å². The molecular weight excluding hydrogens is 274 g/mol. The quantitative estimate of drug-likeness (QED) is 0.838. The molecule has 0 bridgehead atoms. The molecule has 5 nitrogen and oxygen atoms in total. The van der Waals surface area contributed by atoms with Gasteiger partial charge in [0.2, 0.25) is 5.91 Å². The molecule has 0 radical (unpaired) electrons. The third kappa shape index (κ3) is 3.42. The topological polar surface area (TPSA) is 64.0 Å². The van der Waals surface area contributed by atoms with Crippen molar-refractivity contribution in [1.82, 2.24) is 14.9 Å². The van der Waals surface area contributed by atoms with E-state index in [1.807, 2.05) is 6.92 Å². The number of carbonyl (C=O) groups excluding carboxylic acids is 1. The van der Waals surface area contributed by atoms with E-state index in [9.17, 15) is 9.59 Å². The average Bonchev–Trinajstić information content (AvgIpc) is 2.79. The Balaban J connectivity index is 2.08. The summed E-state index contributed by atoms with van der Waals surface area (Å²) in [5.41, 5.74) is 0.775. The van der Waals surface area contributed by atoms with Crippen LogP contribution in [0.2, 0.25) is 0 Å². The van der Waals surface area contributed by atoms with E-state index in [0.29, 0.717) is 18.9 Å². The lowest BCUT2D eigenvalue weighted by Gasteiger charge is -2.14. The first-order valence-corrected chi connectivity index (χ1v) is 8.01. The Bertz CT molecular complexity index is 554. The van der Waals surface area contributed by atoms with Crippen molar-refractivity contribution >= 4 is 17.7 Å². The second-order valence-corrected chi connectivity index (χ2v) is 6.45. The van der Waals surface area contributed by atoms with Crippen molar-refractivity contribution < 1.29 is 4.79 Å². The second kappa shape index (κ2) is 6.43. The van der Waals surface area contributed by atoms with E-state index in [1.165, 1.54) is 0 Å². The summed E-state index contributed by atoms with van der Waals surface area (Å²) in [4.78, 5) is 28.5. The number of carbonyl (C=O) groups is 1. The second-order valence-electron chi connectivity index (χ2n) is 5.46. The van der Waals surface area contributed by atoms with E-state index >= 15 is 0 Å². The third-order valence-corrected chi connectivity index (χ3v) is 4.33. The molecule has 1 aromatic rings. The molecule has 20 heavy (non-hydrogen) atoms. The molecule has 1 aliphatic heterocycles. The molecule has 0 aliphatic carbocycles. The summed E-state index contributed by atoms with van der Waals surface area (Å²) >= 11 is 1.56. The molecule has 110 valence electrons. The minimum atomic E-state index is -0.0759. The molecule has 1 atom stereocenters. The summed E-state index contributed by atoms with van der Waals surface area (Å²) in [7, 11) is 0. The van der Waals surface area contributed by atoms with E-state index in [2.05, 4.69) is 24.1 Å². The van der Waals surface area contributed by atoms with Gasteiger partial charge < -0.3 is 5.32 Å². The maximum Gasteiger partial charge on any atom is 0.254 e. The Morgan fingerprint density at radius 2 is 2.35 bits per heavy atom. The molecule has 1 aliphatic rings. The Hall–Kier alpha value is -1.30. The summed E-state index contributed by atoms with van der Waals surface area (Å²) in [6, 6.07) is 1.50. The highest BCUT2D eigenvalue weighted by Crippen LogP contribution is 2.31. The van der Waals surface area contributed by atoms with Crippen LogP contribution in [0.4, 0.5) is 0 Å². The number of thioether (sulfide) groups is 1. The molecule has 6 heteroatoms. The summed E-state index contributed by atoms with van der Waals surface area (Å²) in [6.07, 6.45) is 1.10. The van der Waals surface area contributed by atoms with Gasteiger partial charge in [-0.3, -0.25) is 14.2 Å². The van der Waals surface area contributed by atoms with Crippen LogP contribution in [0.15, 0.2) is 16.0 Å². The summed E-state index contributed by atoms with van der Waals surface area (Å²) < 4.78 is 1.67. The first kappa shape index (κ1) is 15.1. The fourth-order valence-electron chi connectivity index (χ4n) is 2.13. The van der Waals surface area contributed by atoms with E-state index in [4.69, 9.17) is 0 Å². The van der Waals surface area contributed by atoms with E-state index in [0.717, 1.165) is 23.0 Å². The van der Waals surface area contributed by atoms with Crippen LogP contribution in [-0.2, 0) is 11.2 Å². The number of fused-ring (bicyclic) bond motifs is 1. The highest BCUT2D eigenvalue weighted by atomic mass is 32.2. The number of amides is 1. The first-order chi connectivity index (χ1) is 9.51. The number of aromatic nitrogens is 2. The van der Waals surface area contributed by atoms with Gasteiger partial charge in [0.05, 0.1) is 6.04 Å². The molecule has 2 heterocycles. The lowest BCUT2D eigenvalue weighted by Crippen LogP contribution is -2.32. The van der Waals surface area contributed by atoms with Gasteiger partial charge in [-0.15, -0.1) is 0 Å². The zero-order valence-corrected chi connectivity index (χ0v) is 13.0. The van der Waals surface area contributed by atoms with Gasteiger partial charge in [0.25, 0.3) is 5.56 Å². The van der Waals surface area contributed by atoms with Gasteiger partial charge in [-0.05, 0) is 12.3 Å². The van der Waals surface area contributed by atoms with Crippen LogP contribution < -0.4 is 10.9 Å². The molecule has 1 aromatic heterocycles. The maximum atomic E-state index is 12.1. The Morgan fingerprint density at radius 3 is 3.00 bits per heavy atom. The fraction of sp³-hybridized carbons (Fsp3) is 0.643. The molecule has 1 N–H and O–H groups in total. The Labute approximate surface area is 123 Å². The van der Waals surface area contributed by atoms with Crippen LogP contribution in [0.3, 0.4) is 0 Å². The van der Waals surface area contributed by atoms with Gasteiger partial charge >= 0.3 is 0 Å². The molecule has 0 aromatic carbocycles. The van der Waals surface area contributed by atoms with E-state index in [-0.39, 0.29) is 17.5 Å². The lowest BCUT2D eigenvalue weighted by atomic mass is 10.2. The average molecular weight is 295 g/mol. The van der Waals surface area contributed by atoms with Crippen LogP contribution >= 0.6 is 11.8 Å². The van der Waals surface area contributed by atoms with Crippen LogP contribution in [0.1, 0.15) is 38.9 Å². The number of aryl methyl sites for hydroxylation is 1.